The quantitative estimate of drug-likeness (QED) is 0.908. The molecule has 5 heteroatoms. The van der Waals surface area contributed by atoms with Gasteiger partial charge in [0.05, 0.1) is 0 Å². The molecule has 0 spiro atoms. The number of nitrogens with zero attached hydrogens (tertiary/aromatic N) is 2. The zero-order chi connectivity index (χ0) is 12.4. The highest BCUT2D eigenvalue weighted by atomic mass is 32.1. The zero-order valence-corrected chi connectivity index (χ0v) is 10.9. The minimum absolute atomic E-state index is 0.0597. The molecule has 0 radical (unpaired) electrons. The van der Waals surface area contributed by atoms with Gasteiger partial charge in [-0.15, -0.1) is 11.3 Å². The van der Waals surface area contributed by atoms with Crippen molar-refractivity contribution in [2.24, 2.45) is 0 Å². The maximum absolute atomic E-state index is 12.2. The van der Waals surface area contributed by atoms with Crippen molar-refractivity contribution in [2.75, 3.05) is 5.32 Å². The molecule has 2 rings (SSSR count). The van der Waals surface area contributed by atoms with E-state index in [0.29, 0.717) is 10.8 Å². The number of hydrogen-bond acceptors (Lipinski definition) is 4. The molecule has 17 heavy (non-hydrogen) atoms. The second-order valence-corrected chi connectivity index (χ2v) is 5.36. The fraction of sp³-hybridized carbons (Fsp3) is 0.333. The van der Waals surface area contributed by atoms with Crippen LogP contribution >= 0.6 is 11.3 Å². The molecular weight excluding hydrogens is 234 g/mol. The molecule has 0 aromatic carbocycles. The van der Waals surface area contributed by atoms with Crippen LogP contribution in [0.25, 0.3) is 5.13 Å². The Kier molecular flexibility index (Phi) is 3.28. The fourth-order valence-corrected chi connectivity index (χ4v) is 2.26. The average molecular weight is 249 g/mol. The summed E-state index contributed by atoms with van der Waals surface area (Å²) in [5.41, 5.74) is 0.547. The number of rotatable bonds is 3. The molecule has 2 aromatic heterocycles. The third-order valence-corrected chi connectivity index (χ3v) is 3.12. The summed E-state index contributed by atoms with van der Waals surface area (Å²) >= 11 is 1.51. The van der Waals surface area contributed by atoms with Gasteiger partial charge in [-0.3, -0.25) is 9.36 Å². The van der Waals surface area contributed by atoms with Crippen molar-refractivity contribution >= 4 is 17.0 Å². The lowest BCUT2D eigenvalue weighted by Crippen LogP contribution is -2.24. The predicted octanol–water partition coefficient (Wildman–Crippen LogP) is 2.42. The molecule has 90 valence electrons. The molecule has 4 nitrogen and oxygen atoms in total. The number of aromatic nitrogens is 2. The Morgan fingerprint density at radius 1 is 1.47 bits per heavy atom. The SMILES string of the molecule is Cc1cnc(-n2cccc(NC(C)C)c2=O)s1. The fourth-order valence-electron chi connectivity index (χ4n) is 1.52. The number of thiazole rings is 1. The van der Waals surface area contributed by atoms with Crippen molar-refractivity contribution < 1.29 is 0 Å². The van der Waals surface area contributed by atoms with Crippen LogP contribution in [-0.2, 0) is 0 Å². The Morgan fingerprint density at radius 3 is 2.82 bits per heavy atom. The van der Waals surface area contributed by atoms with Crippen LogP contribution < -0.4 is 10.9 Å². The summed E-state index contributed by atoms with van der Waals surface area (Å²) in [7, 11) is 0. The van der Waals surface area contributed by atoms with Crippen LogP contribution in [0.5, 0.6) is 0 Å². The molecular formula is C12H15N3OS. The summed E-state index contributed by atoms with van der Waals surface area (Å²) in [6.07, 6.45) is 3.51. The highest BCUT2D eigenvalue weighted by Crippen LogP contribution is 2.15. The molecule has 2 aromatic rings. The normalized spacial score (nSPS) is 10.8. The van der Waals surface area contributed by atoms with Crippen molar-refractivity contribution in [3.8, 4) is 5.13 Å². The summed E-state index contributed by atoms with van der Waals surface area (Å²) in [6, 6.07) is 3.87. The molecule has 0 aliphatic heterocycles. The van der Waals surface area contributed by atoms with Crippen molar-refractivity contribution in [3.05, 3.63) is 39.8 Å². The number of pyridine rings is 1. The van der Waals surface area contributed by atoms with E-state index in [1.807, 2.05) is 26.8 Å². The highest BCUT2D eigenvalue weighted by Gasteiger charge is 2.08. The average Bonchev–Trinajstić information content (AvgIpc) is 2.67. The third kappa shape index (κ3) is 2.55. The number of aryl methyl sites for hydroxylation is 1. The third-order valence-electron chi connectivity index (χ3n) is 2.21. The summed E-state index contributed by atoms with van der Waals surface area (Å²) in [5, 5.41) is 3.84. The lowest BCUT2D eigenvalue weighted by atomic mass is 10.3. The Hall–Kier alpha value is -1.62. The minimum atomic E-state index is -0.0597. The van der Waals surface area contributed by atoms with Gasteiger partial charge >= 0.3 is 0 Å². The maximum Gasteiger partial charge on any atom is 0.280 e. The summed E-state index contributed by atoms with van der Waals surface area (Å²) < 4.78 is 1.57. The first kappa shape index (κ1) is 11.9. The van der Waals surface area contributed by atoms with E-state index in [1.165, 1.54) is 11.3 Å². The summed E-state index contributed by atoms with van der Waals surface area (Å²) in [4.78, 5) is 17.5. The molecule has 0 saturated heterocycles. The molecule has 0 amide bonds. The lowest BCUT2D eigenvalue weighted by molar-refractivity contribution is 0.882. The monoisotopic (exact) mass is 249 g/mol. The van der Waals surface area contributed by atoms with E-state index in [4.69, 9.17) is 0 Å². The second kappa shape index (κ2) is 4.71. The van der Waals surface area contributed by atoms with Gasteiger partial charge in [-0.25, -0.2) is 4.98 Å². The number of hydrogen-bond donors (Lipinski definition) is 1. The summed E-state index contributed by atoms with van der Waals surface area (Å²) in [5.74, 6) is 0. The van der Waals surface area contributed by atoms with Gasteiger partial charge in [-0.2, -0.15) is 0 Å². The Morgan fingerprint density at radius 2 is 2.24 bits per heavy atom. The molecule has 0 aliphatic rings. The van der Waals surface area contributed by atoms with E-state index in [9.17, 15) is 4.79 Å². The molecule has 0 fully saturated rings. The van der Waals surface area contributed by atoms with Crippen LogP contribution in [0.2, 0.25) is 0 Å². The van der Waals surface area contributed by atoms with Gasteiger partial charge in [0.15, 0.2) is 5.13 Å². The van der Waals surface area contributed by atoms with Crippen molar-refractivity contribution in [1.82, 2.24) is 9.55 Å². The number of anilines is 1. The van der Waals surface area contributed by atoms with Gasteiger partial charge in [0, 0.05) is 23.3 Å². The summed E-state index contributed by atoms with van der Waals surface area (Å²) in [6.45, 7) is 5.98. The first-order valence-corrected chi connectivity index (χ1v) is 6.30. The lowest BCUT2D eigenvalue weighted by Gasteiger charge is -2.10. The van der Waals surface area contributed by atoms with Gasteiger partial charge in [-0.05, 0) is 32.9 Å². The number of nitrogens with one attached hydrogen (secondary N) is 1. The topological polar surface area (TPSA) is 46.9 Å². The molecule has 0 unspecified atom stereocenters. The largest absolute Gasteiger partial charge is 0.378 e. The van der Waals surface area contributed by atoms with Gasteiger partial charge in [0.25, 0.3) is 5.56 Å². The van der Waals surface area contributed by atoms with E-state index in [2.05, 4.69) is 10.3 Å². The minimum Gasteiger partial charge on any atom is -0.378 e. The van der Waals surface area contributed by atoms with Crippen LogP contribution in [0.3, 0.4) is 0 Å². The van der Waals surface area contributed by atoms with Crippen LogP contribution in [0.15, 0.2) is 29.3 Å². The molecule has 0 bridgehead atoms. The Balaban J connectivity index is 2.46. The first-order chi connectivity index (χ1) is 8.08. The van der Waals surface area contributed by atoms with E-state index in [-0.39, 0.29) is 11.6 Å². The smallest absolute Gasteiger partial charge is 0.280 e. The molecule has 1 N–H and O–H groups in total. The van der Waals surface area contributed by atoms with Gasteiger partial charge in [-0.1, -0.05) is 0 Å². The predicted molar refractivity (Wildman–Crippen MR) is 71.2 cm³/mol. The Labute approximate surface area is 104 Å². The zero-order valence-electron chi connectivity index (χ0n) is 10.1. The van der Waals surface area contributed by atoms with Crippen LogP contribution in [0.4, 0.5) is 5.69 Å². The maximum atomic E-state index is 12.2. The van der Waals surface area contributed by atoms with Crippen LogP contribution in [0, 0.1) is 6.92 Å². The van der Waals surface area contributed by atoms with Crippen molar-refractivity contribution in [1.29, 1.82) is 0 Å². The second-order valence-electron chi connectivity index (χ2n) is 4.15. The van der Waals surface area contributed by atoms with Crippen LogP contribution in [0.1, 0.15) is 18.7 Å². The molecule has 0 aliphatic carbocycles. The van der Waals surface area contributed by atoms with E-state index >= 15 is 0 Å². The van der Waals surface area contributed by atoms with Crippen molar-refractivity contribution in [3.63, 3.8) is 0 Å². The Bertz CT molecular complexity index is 571. The standard InChI is InChI=1S/C12H15N3OS/c1-8(2)14-10-5-4-6-15(11(10)16)12-13-7-9(3)17-12/h4-8,14H,1-3H3. The van der Waals surface area contributed by atoms with Gasteiger partial charge in [0.2, 0.25) is 0 Å². The molecule has 0 saturated carbocycles. The highest BCUT2D eigenvalue weighted by molar-refractivity contribution is 7.13. The first-order valence-electron chi connectivity index (χ1n) is 5.49. The van der Waals surface area contributed by atoms with Gasteiger partial charge < -0.3 is 5.32 Å². The van der Waals surface area contributed by atoms with E-state index in [0.717, 1.165) is 4.88 Å². The molecule has 0 atom stereocenters. The van der Waals surface area contributed by atoms with Gasteiger partial charge in [0.1, 0.15) is 5.69 Å². The molecule has 2 heterocycles. The van der Waals surface area contributed by atoms with E-state index in [1.54, 1.807) is 23.0 Å². The van der Waals surface area contributed by atoms with E-state index < -0.39 is 0 Å². The van der Waals surface area contributed by atoms with Crippen LogP contribution in [-0.4, -0.2) is 15.6 Å². The van der Waals surface area contributed by atoms with Crippen molar-refractivity contribution in [2.45, 2.75) is 26.8 Å².